The second-order valence-electron chi connectivity index (χ2n) is 6.24. The molecule has 1 heterocycles. The summed E-state index contributed by atoms with van der Waals surface area (Å²) in [4.78, 5) is 24.1. The molecular formula is C14H19N3O4S. The molecule has 0 aliphatic heterocycles. The van der Waals surface area contributed by atoms with Gasteiger partial charge < -0.3 is 0 Å². The van der Waals surface area contributed by atoms with Crippen molar-refractivity contribution in [1.29, 1.82) is 0 Å². The minimum Gasteiger partial charge on any atom is -0.296 e. The molecule has 0 radical (unpaired) electrons. The van der Waals surface area contributed by atoms with Crippen molar-refractivity contribution in [3.8, 4) is 0 Å². The van der Waals surface area contributed by atoms with Crippen LogP contribution in [0.25, 0.3) is 10.9 Å². The molecule has 0 saturated heterocycles. The number of aromatic nitrogens is 2. The normalized spacial score (nSPS) is 12.8. The van der Waals surface area contributed by atoms with Gasteiger partial charge in [0.25, 0.3) is 5.56 Å². The van der Waals surface area contributed by atoms with Gasteiger partial charge in [-0.1, -0.05) is 0 Å². The van der Waals surface area contributed by atoms with Crippen molar-refractivity contribution in [2.75, 3.05) is 0 Å². The van der Waals surface area contributed by atoms with Gasteiger partial charge in [-0.25, -0.2) is 17.9 Å². The van der Waals surface area contributed by atoms with E-state index >= 15 is 0 Å². The molecule has 0 aliphatic rings. The zero-order chi connectivity index (χ0) is 16.9. The minimum atomic E-state index is -3.75. The van der Waals surface area contributed by atoms with E-state index in [1.165, 1.54) is 36.9 Å². The van der Waals surface area contributed by atoms with E-state index in [2.05, 4.69) is 4.72 Å². The number of aryl methyl sites for hydroxylation is 1. The van der Waals surface area contributed by atoms with E-state index in [0.717, 1.165) is 4.57 Å². The largest absolute Gasteiger partial charge is 0.330 e. The molecule has 0 fully saturated rings. The topological polar surface area (TPSA) is 90.2 Å². The van der Waals surface area contributed by atoms with Crippen LogP contribution in [0.4, 0.5) is 0 Å². The quantitative estimate of drug-likeness (QED) is 0.860. The van der Waals surface area contributed by atoms with Crippen LogP contribution in [0.15, 0.2) is 32.7 Å². The molecule has 1 aromatic heterocycles. The van der Waals surface area contributed by atoms with Crippen molar-refractivity contribution in [2.45, 2.75) is 31.2 Å². The average molecular weight is 325 g/mol. The Morgan fingerprint density at radius 3 is 2.18 bits per heavy atom. The molecule has 0 aliphatic carbocycles. The van der Waals surface area contributed by atoms with Crippen LogP contribution in [0.1, 0.15) is 20.8 Å². The third kappa shape index (κ3) is 2.84. The van der Waals surface area contributed by atoms with Crippen LogP contribution in [-0.4, -0.2) is 23.1 Å². The lowest BCUT2D eigenvalue weighted by atomic mass is 10.1. The summed E-state index contributed by atoms with van der Waals surface area (Å²) < 4.78 is 29.5. The van der Waals surface area contributed by atoms with Crippen molar-refractivity contribution in [2.24, 2.45) is 14.1 Å². The third-order valence-electron chi connectivity index (χ3n) is 3.19. The first-order valence-corrected chi connectivity index (χ1v) is 8.16. The van der Waals surface area contributed by atoms with Gasteiger partial charge in [-0.2, -0.15) is 0 Å². The van der Waals surface area contributed by atoms with Gasteiger partial charge in [0.15, 0.2) is 0 Å². The van der Waals surface area contributed by atoms with Crippen molar-refractivity contribution < 1.29 is 8.42 Å². The molecule has 0 saturated carbocycles. The molecule has 0 unspecified atom stereocenters. The Kier molecular flexibility index (Phi) is 3.78. The highest BCUT2D eigenvalue weighted by atomic mass is 32.2. The van der Waals surface area contributed by atoms with Crippen LogP contribution in [0.5, 0.6) is 0 Å². The summed E-state index contributed by atoms with van der Waals surface area (Å²) in [5.41, 5.74) is -1.22. The van der Waals surface area contributed by atoms with E-state index in [1.807, 2.05) is 0 Å². The predicted molar refractivity (Wildman–Crippen MR) is 84.5 cm³/mol. The standard InChI is InChI=1S/C14H19N3O4S/c1-14(2,3)15-22(20,21)9-6-7-11-10(8-9)12(18)17(5)13(19)16(11)4/h6-8,15H,1-5H3. The highest BCUT2D eigenvalue weighted by Crippen LogP contribution is 2.17. The number of hydrogen-bond acceptors (Lipinski definition) is 4. The molecule has 0 bridgehead atoms. The van der Waals surface area contributed by atoms with Gasteiger partial charge in [0.2, 0.25) is 10.0 Å². The van der Waals surface area contributed by atoms with Crippen molar-refractivity contribution >= 4 is 20.9 Å². The second kappa shape index (κ2) is 5.06. The first-order chi connectivity index (χ1) is 9.94. The molecule has 22 heavy (non-hydrogen) atoms. The molecule has 2 rings (SSSR count). The number of nitrogens with one attached hydrogen (secondary N) is 1. The summed E-state index contributed by atoms with van der Waals surface area (Å²) in [6.45, 7) is 5.19. The Hall–Kier alpha value is -1.93. The lowest BCUT2D eigenvalue weighted by Gasteiger charge is -2.20. The molecule has 0 atom stereocenters. The van der Waals surface area contributed by atoms with E-state index in [-0.39, 0.29) is 10.3 Å². The average Bonchev–Trinajstić information content (AvgIpc) is 2.39. The SMILES string of the molecule is Cn1c(=O)c2cc(S(=O)(=O)NC(C)(C)C)ccc2n(C)c1=O. The summed E-state index contributed by atoms with van der Waals surface area (Å²) in [6.07, 6.45) is 0. The fourth-order valence-corrected chi connectivity index (χ4v) is 3.65. The van der Waals surface area contributed by atoms with Gasteiger partial charge in [-0.05, 0) is 39.0 Å². The van der Waals surface area contributed by atoms with Gasteiger partial charge >= 0.3 is 5.69 Å². The number of rotatable bonds is 2. The number of fused-ring (bicyclic) bond motifs is 1. The van der Waals surface area contributed by atoms with E-state index in [1.54, 1.807) is 20.8 Å². The van der Waals surface area contributed by atoms with Crippen LogP contribution in [0, 0.1) is 0 Å². The van der Waals surface area contributed by atoms with Gasteiger partial charge in [0.1, 0.15) is 0 Å². The van der Waals surface area contributed by atoms with Gasteiger partial charge in [-0.15, -0.1) is 0 Å². The summed E-state index contributed by atoms with van der Waals surface area (Å²) in [5.74, 6) is 0. The number of nitrogens with zero attached hydrogens (tertiary/aromatic N) is 2. The fourth-order valence-electron chi connectivity index (χ4n) is 2.20. The number of hydrogen-bond donors (Lipinski definition) is 1. The van der Waals surface area contributed by atoms with Crippen molar-refractivity contribution in [3.05, 3.63) is 39.0 Å². The lowest BCUT2D eigenvalue weighted by molar-refractivity contribution is 0.491. The number of benzene rings is 1. The Labute approximate surface area is 128 Å². The molecule has 2 aromatic rings. The molecule has 8 heteroatoms. The first kappa shape index (κ1) is 16.4. The fraction of sp³-hybridized carbons (Fsp3) is 0.429. The molecule has 0 amide bonds. The Morgan fingerprint density at radius 1 is 1.05 bits per heavy atom. The van der Waals surface area contributed by atoms with Crippen molar-refractivity contribution in [3.63, 3.8) is 0 Å². The van der Waals surface area contributed by atoms with Gasteiger partial charge in [0.05, 0.1) is 15.8 Å². The maximum Gasteiger partial charge on any atom is 0.330 e. The highest BCUT2D eigenvalue weighted by molar-refractivity contribution is 7.89. The van der Waals surface area contributed by atoms with Crippen LogP contribution in [-0.2, 0) is 24.1 Å². The van der Waals surface area contributed by atoms with Gasteiger partial charge in [-0.3, -0.25) is 13.9 Å². The Balaban J connectivity index is 2.77. The summed E-state index contributed by atoms with van der Waals surface area (Å²) in [6, 6.07) is 4.15. The zero-order valence-corrected chi connectivity index (χ0v) is 14.0. The molecule has 7 nitrogen and oxygen atoms in total. The van der Waals surface area contributed by atoms with Crippen LogP contribution < -0.4 is 16.0 Å². The first-order valence-electron chi connectivity index (χ1n) is 6.68. The van der Waals surface area contributed by atoms with E-state index in [9.17, 15) is 18.0 Å². The smallest absolute Gasteiger partial charge is 0.296 e. The zero-order valence-electron chi connectivity index (χ0n) is 13.2. The monoisotopic (exact) mass is 325 g/mol. The highest BCUT2D eigenvalue weighted by Gasteiger charge is 2.23. The second-order valence-corrected chi connectivity index (χ2v) is 7.92. The van der Waals surface area contributed by atoms with Crippen LogP contribution >= 0.6 is 0 Å². The van der Waals surface area contributed by atoms with E-state index < -0.39 is 26.8 Å². The Bertz CT molecular complexity index is 962. The summed E-state index contributed by atoms with van der Waals surface area (Å²) in [7, 11) is -0.854. The lowest BCUT2D eigenvalue weighted by Crippen LogP contribution is -2.40. The molecule has 120 valence electrons. The van der Waals surface area contributed by atoms with Crippen LogP contribution in [0.2, 0.25) is 0 Å². The molecular weight excluding hydrogens is 306 g/mol. The molecule has 1 aromatic carbocycles. The van der Waals surface area contributed by atoms with E-state index in [4.69, 9.17) is 0 Å². The van der Waals surface area contributed by atoms with E-state index in [0.29, 0.717) is 5.52 Å². The molecule has 1 N–H and O–H groups in total. The maximum atomic E-state index is 12.4. The number of sulfonamides is 1. The minimum absolute atomic E-state index is 0.00864. The maximum absolute atomic E-state index is 12.4. The Morgan fingerprint density at radius 2 is 1.64 bits per heavy atom. The summed E-state index contributed by atoms with van der Waals surface area (Å²) >= 11 is 0. The predicted octanol–water partition coefficient (Wildman–Crippen LogP) is 0.314. The van der Waals surface area contributed by atoms with Crippen LogP contribution in [0.3, 0.4) is 0 Å². The molecule has 0 spiro atoms. The van der Waals surface area contributed by atoms with Crippen molar-refractivity contribution in [1.82, 2.24) is 13.9 Å². The van der Waals surface area contributed by atoms with Gasteiger partial charge in [0, 0.05) is 19.6 Å². The summed E-state index contributed by atoms with van der Waals surface area (Å²) in [5, 5.41) is 0.182. The third-order valence-corrected chi connectivity index (χ3v) is 4.94.